The summed E-state index contributed by atoms with van der Waals surface area (Å²) in [7, 11) is 0. The van der Waals surface area contributed by atoms with Crippen LogP contribution in [0.25, 0.3) is 0 Å². The van der Waals surface area contributed by atoms with Gasteiger partial charge < -0.3 is 31.5 Å². The van der Waals surface area contributed by atoms with Crippen LogP contribution in [0.2, 0.25) is 0 Å². The molecule has 1 fully saturated rings. The Balaban J connectivity index is 2.29. The highest BCUT2D eigenvalue weighted by atomic mass is 16.6. The normalized spacial score (nSPS) is 33.6. The number of carbonyl (C=O) groups excluding carboxylic acids is 1. The number of rotatable bonds is 3. The number of ether oxygens (including phenoxy) is 1. The first kappa shape index (κ1) is 12.9. The summed E-state index contributed by atoms with van der Waals surface area (Å²) in [5.74, 6) is -0.860. The summed E-state index contributed by atoms with van der Waals surface area (Å²) in [6, 6.07) is 0. The number of aliphatic hydroxyl groups is 3. The maximum Gasteiger partial charge on any atom is 0.271 e. The van der Waals surface area contributed by atoms with E-state index in [0.29, 0.717) is 0 Å². The first-order chi connectivity index (χ1) is 8.43. The first-order valence-corrected chi connectivity index (χ1v) is 5.09. The Kier molecular flexibility index (Phi) is 3.28. The highest BCUT2D eigenvalue weighted by Gasteiger charge is 2.47. The van der Waals surface area contributed by atoms with Gasteiger partial charge in [0.1, 0.15) is 36.3 Å². The fourth-order valence-electron chi connectivity index (χ4n) is 1.84. The molecule has 1 unspecified atom stereocenters. The highest BCUT2D eigenvalue weighted by molar-refractivity contribution is 5.91. The van der Waals surface area contributed by atoms with Crippen molar-refractivity contribution in [2.24, 2.45) is 11.5 Å². The molecule has 1 aromatic rings. The van der Waals surface area contributed by atoms with Crippen molar-refractivity contribution < 1.29 is 24.9 Å². The number of nitrogens with one attached hydrogen (secondary N) is 1. The lowest BCUT2D eigenvalue weighted by atomic mass is 10.0. The molecule has 1 saturated heterocycles. The van der Waals surface area contributed by atoms with Crippen molar-refractivity contribution in [2.45, 2.75) is 30.6 Å². The number of primary amides is 1. The van der Waals surface area contributed by atoms with Crippen LogP contribution >= 0.6 is 0 Å². The van der Waals surface area contributed by atoms with E-state index < -0.39 is 36.6 Å². The maximum absolute atomic E-state index is 11.1. The smallest absolute Gasteiger partial charge is 0.271 e. The van der Waals surface area contributed by atoms with Crippen molar-refractivity contribution in [1.82, 2.24) is 15.4 Å². The van der Waals surface area contributed by atoms with Gasteiger partial charge in [0.25, 0.3) is 5.91 Å². The number of aromatic nitrogens is 3. The van der Waals surface area contributed by atoms with Crippen LogP contribution in [0.3, 0.4) is 0 Å². The summed E-state index contributed by atoms with van der Waals surface area (Å²) in [5.41, 5.74) is 10.1. The fraction of sp³-hybridized carbons (Fsp3) is 0.625. The van der Waals surface area contributed by atoms with Crippen molar-refractivity contribution >= 4 is 5.91 Å². The predicted octanol–water partition coefficient (Wildman–Crippen LogP) is -3.66. The topological polar surface area (TPSA) is 181 Å². The van der Waals surface area contributed by atoms with Gasteiger partial charge in [-0.25, -0.2) is 0 Å². The SMILES string of the molecule is NC(=O)c1nn[nH]c1[C@@H]1O[C@H](C(N)O)[C@@H](O)[C@H]1O. The molecule has 0 radical (unpaired) electrons. The van der Waals surface area contributed by atoms with Gasteiger partial charge in [0.15, 0.2) is 5.69 Å². The molecule has 2 heterocycles. The van der Waals surface area contributed by atoms with Gasteiger partial charge in [0.05, 0.1) is 0 Å². The monoisotopic (exact) mass is 259 g/mol. The molecule has 0 aliphatic carbocycles. The fourth-order valence-corrected chi connectivity index (χ4v) is 1.84. The average molecular weight is 259 g/mol. The van der Waals surface area contributed by atoms with E-state index in [2.05, 4.69) is 15.4 Å². The second kappa shape index (κ2) is 4.59. The highest BCUT2D eigenvalue weighted by Crippen LogP contribution is 2.34. The molecular weight excluding hydrogens is 246 g/mol. The standard InChI is InChI=1S/C8H13N5O5/c9-7(16)2-1(11-13-12-2)5-3(14)4(15)6(18-5)8(10)17/h3-6,8,14-15,17H,10H2,(H2,9,16)(H,11,12,13)/t3-,4+,5+,6+,8?/m1/s1. The van der Waals surface area contributed by atoms with Crippen LogP contribution < -0.4 is 11.5 Å². The van der Waals surface area contributed by atoms with Crippen molar-refractivity contribution in [1.29, 1.82) is 0 Å². The Morgan fingerprint density at radius 3 is 2.61 bits per heavy atom. The van der Waals surface area contributed by atoms with E-state index in [4.69, 9.17) is 16.2 Å². The number of hydrogen-bond acceptors (Lipinski definition) is 8. The molecule has 1 aliphatic heterocycles. The van der Waals surface area contributed by atoms with Crippen molar-refractivity contribution in [3.63, 3.8) is 0 Å². The molecule has 10 heteroatoms. The predicted molar refractivity (Wildman–Crippen MR) is 54.7 cm³/mol. The van der Waals surface area contributed by atoms with Gasteiger partial charge >= 0.3 is 0 Å². The van der Waals surface area contributed by atoms with Crippen LogP contribution in [0, 0.1) is 0 Å². The molecule has 8 N–H and O–H groups in total. The van der Waals surface area contributed by atoms with Crippen LogP contribution in [-0.2, 0) is 4.74 Å². The molecule has 1 amide bonds. The van der Waals surface area contributed by atoms with E-state index in [-0.39, 0.29) is 11.4 Å². The molecule has 0 bridgehead atoms. The third kappa shape index (κ3) is 1.95. The minimum Gasteiger partial charge on any atom is -0.387 e. The molecule has 5 atom stereocenters. The van der Waals surface area contributed by atoms with Gasteiger partial charge in [-0.2, -0.15) is 0 Å². The summed E-state index contributed by atoms with van der Waals surface area (Å²) in [4.78, 5) is 11.1. The Morgan fingerprint density at radius 1 is 1.44 bits per heavy atom. The molecule has 18 heavy (non-hydrogen) atoms. The van der Waals surface area contributed by atoms with E-state index in [1.807, 2.05) is 0 Å². The zero-order chi connectivity index (χ0) is 13.4. The van der Waals surface area contributed by atoms with E-state index >= 15 is 0 Å². The molecule has 100 valence electrons. The van der Waals surface area contributed by atoms with Gasteiger partial charge in [-0.15, -0.1) is 5.10 Å². The van der Waals surface area contributed by atoms with Crippen LogP contribution in [0.15, 0.2) is 0 Å². The van der Waals surface area contributed by atoms with Gasteiger partial charge in [-0.3, -0.25) is 9.89 Å². The molecule has 0 aromatic carbocycles. The number of carbonyl (C=O) groups is 1. The van der Waals surface area contributed by atoms with Crippen molar-refractivity contribution in [3.05, 3.63) is 11.4 Å². The van der Waals surface area contributed by atoms with E-state index in [1.54, 1.807) is 0 Å². The van der Waals surface area contributed by atoms with E-state index in [0.717, 1.165) is 0 Å². The summed E-state index contributed by atoms with van der Waals surface area (Å²) < 4.78 is 5.19. The Hall–Kier alpha value is -1.59. The number of amides is 1. The van der Waals surface area contributed by atoms with Crippen molar-refractivity contribution in [2.75, 3.05) is 0 Å². The minimum atomic E-state index is -1.48. The second-order valence-corrected chi connectivity index (χ2v) is 3.93. The maximum atomic E-state index is 11.1. The Bertz CT molecular complexity index is 449. The number of hydrogen-bond donors (Lipinski definition) is 6. The zero-order valence-electron chi connectivity index (χ0n) is 9.09. The summed E-state index contributed by atoms with van der Waals surface area (Å²) in [6.07, 6.45) is -6.59. The number of nitrogens with two attached hydrogens (primary N) is 2. The van der Waals surface area contributed by atoms with Gasteiger partial charge in [-0.05, 0) is 0 Å². The molecule has 1 aliphatic rings. The number of aliphatic hydroxyl groups excluding tert-OH is 3. The molecule has 1 aromatic heterocycles. The van der Waals surface area contributed by atoms with Crippen LogP contribution in [0.1, 0.15) is 22.3 Å². The van der Waals surface area contributed by atoms with Gasteiger partial charge in [0, 0.05) is 0 Å². The molecule has 2 rings (SSSR count). The quantitative estimate of drug-likeness (QED) is 0.300. The lowest BCUT2D eigenvalue weighted by Gasteiger charge is -2.16. The summed E-state index contributed by atoms with van der Waals surface area (Å²) in [5, 5.41) is 37.8. The Morgan fingerprint density at radius 2 is 2.11 bits per heavy atom. The second-order valence-electron chi connectivity index (χ2n) is 3.93. The molecule has 0 spiro atoms. The first-order valence-electron chi connectivity index (χ1n) is 5.09. The van der Waals surface area contributed by atoms with E-state index in [1.165, 1.54) is 0 Å². The zero-order valence-corrected chi connectivity index (χ0v) is 9.09. The van der Waals surface area contributed by atoms with Crippen LogP contribution in [0.5, 0.6) is 0 Å². The van der Waals surface area contributed by atoms with Gasteiger partial charge in [-0.1, -0.05) is 5.21 Å². The van der Waals surface area contributed by atoms with Crippen LogP contribution in [-0.4, -0.2) is 61.2 Å². The molecule has 0 saturated carbocycles. The summed E-state index contributed by atoms with van der Waals surface area (Å²) >= 11 is 0. The molecule has 10 nitrogen and oxygen atoms in total. The van der Waals surface area contributed by atoms with Gasteiger partial charge in [0.2, 0.25) is 0 Å². The van der Waals surface area contributed by atoms with Crippen LogP contribution in [0.4, 0.5) is 0 Å². The third-order valence-electron chi connectivity index (χ3n) is 2.73. The average Bonchev–Trinajstić information content (AvgIpc) is 2.86. The number of nitrogens with zero attached hydrogens (tertiary/aromatic N) is 2. The summed E-state index contributed by atoms with van der Waals surface area (Å²) in [6.45, 7) is 0. The lowest BCUT2D eigenvalue weighted by molar-refractivity contribution is -0.0642. The number of H-pyrrole nitrogens is 1. The third-order valence-corrected chi connectivity index (χ3v) is 2.73. The largest absolute Gasteiger partial charge is 0.387 e. The minimum absolute atomic E-state index is 0.0252. The van der Waals surface area contributed by atoms with Crippen molar-refractivity contribution in [3.8, 4) is 0 Å². The number of aromatic amines is 1. The molecular formula is C8H13N5O5. The lowest BCUT2D eigenvalue weighted by Crippen LogP contribution is -2.43. The Labute approximate surface area is 101 Å². The van der Waals surface area contributed by atoms with E-state index in [9.17, 15) is 20.1 Å².